The predicted octanol–water partition coefficient (Wildman–Crippen LogP) is 4.50. The number of rotatable bonds is 7. The van der Waals surface area contributed by atoms with Crippen LogP contribution >= 0.6 is 0 Å². The van der Waals surface area contributed by atoms with Crippen molar-refractivity contribution < 1.29 is 14.2 Å². The number of aromatic nitrogens is 2. The highest BCUT2D eigenvalue weighted by atomic mass is 16.6. The first-order valence-electron chi connectivity index (χ1n) is 9.46. The molecule has 0 aliphatic heterocycles. The Balaban J connectivity index is 1.73. The summed E-state index contributed by atoms with van der Waals surface area (Å²) >= 11 is 0. The molecule has 0 unspecified atom stereocenters. The standard InChI is InChI=1S/C22H25N3O3/c1-5-16-8-9-17(6-2)19(12-16)21-22(25-28-24-21)23-20(26)13-27-18-10-7-14(3)15(4)11-18/h7-12H,5-6,13H2,1-4H3,(H,23,25,26). The average Bonchev–Trinajstić information content (AvgIpc) is 3.16. The van der Waals surface area contributed by atoms with E-state index in [1.165, 1.54) is 11.1 Å². The third kappa shape index (κ3) is 4.39. The third-order valence-corrected chi connectivity index (χ3v) is 4.81. The Morgan fingerprint density at radius 1 is 1.04 bits per heavy atom. The van der Waals surface area contributed by atoms with Gasteiger partial charge >= 0.3 is 0 Å². The fourth-order valence-electron chi connectivity index (χ4n) is 2.94. The quantitative estimate of drug-likeness (QED) is 0.654. The van der Waals surface area contributed by atoms with Crippen LogP contribution in [0.3, 0.4) is 0 Å². The Morgan fingerprint density at radius 2 is 1.86 bits per heavy atom. The van der Waals surface area contributed by atoms with E-state index in [0.717, 1.165) is 29.5 Å². The lowest BCUT2D eigenvalue weighted by atomic mass is 9.98. The van der Waals surface area contributed by atoms with Crippen LogP contribution in [0.5, 0.6) is 5.75 Å². The molecule has 6 heteroatoms. The molecule has 1 heterocycles. The van der Waals surface area contributed by atoms with E-state index in [9.17, 15) is 4.79 Å². The van der Waals surface area contributed by atoms with Crippen LogP contribution in [0.25, 0.3) is 11.3 Å². The van der Waals surface area contributed by atoms with E-state index in [1.807, 2.05) is 32.0 Å². The number of aryl methyl sites for hydroxylation is 4. The predicted molar refractivity (Wildman–Crippen MR) is 109 cm³/mol. The number of amides is 1. The van der Waals surface area contributed by atoms with Crippen LogP contribution in [-0.4, -0.2) is 22.8 Å². The van der Waals surface area contributed by atoms with Gasteiger partial charge in [0.05, 0.1) is 0 Å². The lowest BCUT2D eigenvalue weighted by Gasteiger charge is -2.10. The number of benzene rings is 2. The molecular weight excluding hydrogens is 354 g/mol. The maximum absolute atomic E-state index is 12.4. The first kappa shape index (κ1) is 19.6. The molecule has 0 aliphatic rings. The fraction of sp³-hybridized carbons (Fsp3) is 0.318. The normalized spacial score (nSPS) is 10.7. The van der Waals surface area contributed by atoms with Crippen LogP contribution in [0.4, 0.5) is 5.82 Å². The molecule has 146 valence electrons. The zero-order valence-electron chi connectivity index (χ0n) is 16.7. The summed E-state index contributed by atoms with van der Waals surface area (Å²) in [6, 6.07) is 12.0. The Hall–Kier alpha value is -3.15. The number of carbonyl (C=O) groups is 1. The first-order chi connectivity index (χ1) is 13.5. The van der Waals surface area contributed by atoms with Crippen molar-refractivity contribution >= 4 is 11.7 Å². The van der Waals surface area contributed by atoms with Gasteiger partial charge in [-0.05, 0) is 77.5 Å². The van der Waals surface area contributed by atoms with Crippen molar-refractivity contribution in [1.29, 1.82) is 0 Å². The molecule has 0 atom stereocenters. The molecule has 2 aromatic carbocycles. The molecule has 0 aliphatic carbocycles. The van der Waals surface area contributed by atoms with E-state index in [2.05, 4.69) is 47.7 Å². The number of hydrogen-bond acceptors (Lipinski definition) is 5. The van der Waals surface area contributed by atoms with Crippen LogP contribution in [-0.2, 0) is 17.6 Å². The SMILES string of the molecule is CCc1ccc(CC)c(-c2nonc2NC(=O)COc2ccc(C)c(C)c2)c1. The van der Waals surface area contributed by atoms with Gasteiger partial charge in [0.1, 0.15) is 5.75 Å². The van der Waals surface area contributed by atoms with E-state index >= 15 is 0 Å². The van der Waals surface area contributed by atoms with Crippen LogP contribution in [0, 0.1) is 13.8 Å². The molecule has 3 rings (SSSR count). The van der Waals surface area contributed by atoms with Crippen LogP contribution < -0.4 is 10.1 Å². The van der Waals surface area contributed by atoms with Gasteiger partial charge in [-0.3, -0.25) is 4.79 Å². The van der Waals surface area contributed by atoms with Gasteiger partial charge in [0, 0.05) is 5.56 Å². The van der Waals surface area contributed by atoms with Crippen molar-refractivity contribution in [2.24, 2.45) is 0 Å². The van der Waals surface area contributed by atoms with Crippen molar-refractivity contribution in [3.8, 4) is 17.0 Å². The molecule has 1 aromatic heterocycles. The van der Waals surface area contributed by atoms with Gasteiger partial charge in [-0.2, -0.15) is 0 Å². The maximum atomic E-state index is 12.4. The largest absolute Gasteiger partial charge is 0.484 e. The smallest absolute Gasteiger partial charge is 0.263 e. The minimum atomic E-state index is -0.320. The Morgan fingerprint density at radius 3 is 2.57 bits per heavy atom. The molecule has 6 nitrogen and oxygen atoms in total. The lowest BCUT2D eigenvalue weighted by molar-refractivity contribution is -0.118. The summed E-state index contributed by atoms with van der Waals surface area (Å²) in [5.74, 6) is 0.636. The van der Waals surface area contributed by atoms with Gasteiger partial charge in [0.15, 0.2) is 12.3 Å². The highest BCUT2D eigenvalue weighted by Crippen LogP contribution is 2.29. The summed E-state index contributed by atoms with van der Waals surface area (Å²) in [4.78, 5) is 12.4. The minimum Gasteiger partial charge on any atom is -0.484 e. The summed E-state index contributed by atoms with van der Waals surface area (Å²) in [5, 5.41) is 10.6. The fourth-order valence-corrected chi connectivity index (χ4v) is 2.94. The van der Waals surface area contributed by atoms with Crippen molar-refractivity contribution in [2.75, 3.05) is 11.9 Å². The number of hydrogen-bond donors (Lipinski definition) is 1. The molecule has 0 spiro atoms. The van der Waals surface area contributed by atoms with Gasteiger partial charge in [0.2, 0.25) is 5.82 Å². The lowest BCUT2D eigenvalue weighted by Crippen LogP contribution is -2.20. The topological polar surface area (TPSA) is 77.3 Å². The van der Waals surface area contributed by atoms with Gasteiger partial charge in [-0.1, -0.05) is 32.0 Å². The Labute approximate surface area is 164 Å². The second-order valence-electron chi connectivity index (χ2n) is 6.74. The van der Waals surface area contributed by atoms with Crippen LogP contribution in [0.1, 0.15) is 36.1 Å². The Kier molecular flexibility index (Phi) is 6.09. The molecule has 0 bridgehead atoms. The van der Waals surface area contributed by atoms with Gasteiger partial charge in [0.25, 0.3) is 5.91 Å². The maximum Gasteiger partial charge on any atom is 0.263 e. The summed E-state index contributed by atoms with van der Waals surface area (Å²) in [5.41, 5.74) is 6.06. The molecule has 0 radical (unpaired) electrons. The zero-order valence-corrected chi connectivity index (χ0v) is 16.7. The van der Waals surface area contributed by atoms with Gasteiger partial charge in [-0.15, -0.1) is 0 Å². The monoisotopic (exact) mass is 379 g/mol. The van der Waals surface area contributed by atoms with E-state index in [4.69, 9.17) is 9.37 Å². The van der Waals surface area contributed by atoms with E-state index < -0.39 is 0 Å². The highest BCUT2D eigenvalue weighted by molar-refractivity contribution is 5.94. The zero-order chi connectivity index (χ0) is 20.1. The second-order valence-corrected chi connectivity index (χ2v) is 6.74. The molecular formula is C22H25N3O3. The van der Waals surface area contributed by atoms with Crippen molar-refractivity contribution in [3.63, 3.8) is 0 Å². The molecule has 28 heavy (non-hydrogen) atoms. The first-order valence-corrected chi connectivity index (χ1v) is 9.46. The van der Waals surface area contributed by atoms with Gasteiger partial charge in [-0.25, -0.2) is 4.63 Å². The third-order valence-electron chi connectivity index (χ3n) is 4.81. The second kappa shape index (κ2) is 8.69. The van der Waals surface area contributed by atoms with E-state index in [1.54, 1.807) is 0 Å². The molecule has 0 fully saturated rings. The van der Waals surface area contributed by atoms with Crippen molar-refractivity contribution in [3.05, 3.63) is 58.7 Å². The van der Waals surface area contributed by atoms with E-state index in [-0.39, 0.29) is 12.5 Å². The number of carbonyl (C=O) groups excluding carboxylic acids is 1. The molecule has 3 aromatic rings. The van der Waals surface area contributed by atoms with Crippen LogP contribution in [0.2, 0.25) is 0 Å². The summed E-state index contributed by atoms with van der Waals surface area (Å²) in [6.07, 6.45) is 1.75. The number of ether oxygens (including phenoxy) is 1. The summed E-state index contributed by atoms with van der Waals surface area (Å²) in [7, 11) is 0. The molecule has 1 N–H and O–H groups in total. The Bertz CT molecular complexity index is 979. The molecule has 0 saturated carbocycles. The number of nitrogens with zero attached hydrogens (tertiary/aromatic N) is 2. The molecule has 1 amide bonds. The van der Waals surface area contributed by atoms with E-state index in [0.29, 0.717) is 17.3 Å². The highest BCUT2D eigenvalue weighted by Gasteiger charge is 2.18. The number of anilines is 1. The van der Waals surface area contributed by atoms with Crippen LogP contribution in [0.15, 0.2) is 41.0 Å². The van der Waals surface area contributed by atoms with Gasteiger partial charge < -0.3 is 10.1 Å². The van der Waals surface area contributed by atoms with Crippen molar-refractivity contribution in [1.82, 2.24) is 10.3 Å². The average molecular weight is 379 g/mol. The molecule has 0 saturated heterocycles. The van der Waals surface area contributed by atoms with Crippen molar-refractivity contribution in [2.45, 2.75) is 40.5 Å². The minimum absolute atomic E-state index is 0.121. The summed E-state index contributed by atoms with van der Waals surface area (Å²) < 4.78 is 10.5. The summed E-state index contributed by atoms with van der Waals surface area (Å²) in [6.45, 7) is 8.09. The number of nitrogens with one attached hydrogen (secondary N) is 1.